The molecule has 9 heteroatoms. The molecule has 0 heterocycles. The van der Waals surface area contributed by atoms with Crippen molar-refractivity contribution in [3.63, 3.8) is 0 Å². The van der Waals surface area contributed by atoms with E-state index in [-0.39, 0.29) is 29.8 Å². The van der Waals surface area contributed by atoms with E-state index in [1.165, 1.54) is 17.0 Å². The highest BCUT2D eigenvalue weighted by atomic mass is 79.9. The third kappa shape index (κ3) is 8.36. The van der Waals surface area contributed by atoms with Crippen LogP contribution >= 0.6 is 15.9 Å². The summed E-state index contributed by atoms with van der Waals surface area (Å²) in [6.07, 6.45) is 0.988. The van der Waals surface area contributed by atoms with Crippen molar-refractivity contribution in [2.45, 2.75) is 57.1 Å². The Morgan fingerprint density at radius 3 is 2.02 bits per heavy atom. The Kier molecular flexibility index (Phi) is 11.4. The summed E-state index contributed by atoms with van der Waals surface area (Å²) in [6, 6.07) is 31.2. The van der Waals surface area contributed by atoms with E-state index in [9.17, 15) is 18.0 Å². The lowest BCUT2D eigenvalue weighted by Crippen LogP contribution is -2.54. The molecule has 2 atom stereocenters. The summed E-state index contributed by atoms with van der Waals surface area (Å²) in [5.74, 6) is -0.780. The fourth-order valence-electron chi connectivity index (χ4n) is 4.86. The first kappa shape index (κ1) is 33.0. The minimum Gasteiger partial charge on any atom is -0.352 e. The normalized spacial score (nSPS) is 12.6. The number of carbonyl (C=O) groups excluding carboxylic acids is 2. The zero-order chi connectivity index (χ0) is 31.7. The van der Waals surface area contributed by atoms with Crippen LogP contribution in [-0.2, 0) is 32.6 Å². The molecule has 2 unspecified atom stereocenters. The van der Waals surface area contributed by atoms with Crippen LogP contribution in [0.3, 0.4) is 0 Å². The molecule has 4 aromatic carbocycles. The molecule has 0 bridgehead atoms. The topological polar surface area (TPSA) is 86.8 Å². The second-order valence-corrected chi connectivity index (χ2v) is 13.6. The molecule has 0 aliphatic rings. The first-order valence-electron chi connectivity index (χ1n) is 14.6. The standard InChI is InChI=1S/C35H38BrN3O4S/c1-4-27(3)37-35(41)33(23-28-14-7-5-8-15-28)38(24-29-19-21-30(36)22-20-29)34(40)25-39(32-18-12-11-13-26(32)2)44(42,43)31-16-9-6-10-17-31/h5-22,27,33H,4,23-25H2,1-3H3,(H,37,41). The average molecular weight is 677 g/mol. The van der Waals surface area contributed by atoms with Crippen LogP contribution in [0.1, 0.15) is 37.0 Å². The molecule has 0 radical (unpaired) electrons. The summed E-state index contributed by atoms with van der Waals surface area (Å²) >= 11 is 3.46. The molecule has 0 saturated carbocycles. The van der Waals surface area contributed by atoms with Crippen LogP contribution in [0.4, 0.5) is 5.69 Å². The van der Waals surface area contributed by atoms with Gasteiger partial charge in [0.05, 0.1) is 10.6 Å². The highest BCUT2D eigenvalue weighted by Gasteiger charge is 2.35. The van der Waals surface area contributed by atoms with Gasteiger partial charge in [-0.3, -0.25) is 13.9 Å². The number of anilines is 1. The first-order valence-corrected chi connectivity index (χ1v) is 16.8. The summed E-state index contributed by atoms with van der Waals surface area (Å²) in [5, 5.41) is 3.06. The van der Waals surface area contributed by atoms with Crippen LogP contribution in [0, 0.1) is 6.92 Å². The number of benzene rings is 4. The zero-order valence-corrected chi connectivity index (χ0v) is 27.6. The molecule has 0 fully saturated rings. The number of hydrogen-bond donors (Lipinski definition) is 1. The minimum absolute atomic E-state index is 0.0749. The third-order valence-electron chi connectivity index (χ3n) is 7.53. The van der Waals surface area contributed by atoms with Gasteiger partial charge in [-0.2, -0.15) is 0 Å². The Labute approximate surface area is 269 Å². The Morgan fingerprint density at radius 1 is 0.818 bits per heavy atom. The van der Waals surface area contributed by atoms with Crippen molar-refractivity contribution < 1.29 is 18.0 Å². The lowest BCUT2D eigenvalue weighted by molar-refractivity contribution is -0.140. The van der Waals surface area contributed by atoms with Crippen LogP contribution in [0.25, 0.3) is 0 Å². The van der Waals surface area contributed by atoms with Crippen molar-refractivity contribution in [1.82, 2.24) is 10.2 Å². The number of nitrogens with one attached hydrogen (secondary N) is 1. The summed E-state index contributed by atoms with van der Waals surface area (Å²) in [5.41, 5.74) is 2.80. The van der Waals surface area contributed by atoms with Gasteiger partial charge in [-0.15, -0.1) is 0 Å². The van der Waals surface area contributed by atoms with E-state index in [2.05, 4.69) is 21.2 Å². The van der Waals surface area contributed by atoms with E-state index in [1.807, 2.05) is 87.5 Å². The summed E-state index contributed by atoms with van der Waals surface area (Å²) in [6.45, 7) is 5.34. The van der Waals surface area contributed by atoms with Crippen LogP contribution in [-0.4, -0.2) is 43.8 Å². The van der Waals surface area contributed by atoms with E-state index in [0.717, 1.165) is 26.3 Å². The summed E-state index contributed by atoms with van der Waals surface area (Å²) in [4.78, 5) is 30.0. The maximum absolute atomic E-state index is 14.5. The largest absolute Gasteiger partial charge is 0.352 e. The minimum atomic E-state index is -4.13. The monoisotopic (exact) mass is 675 g/mol. The molecule has 230 valence electrons. The van der Waals surface area contributed by atoms with Gasteiger partial charge in [-0.25, -0.2) is 8.42 Å². The Bertz CT molecular complexity index is 1650. The van der Waals surface area contributed by atoms with Gasteiger partial charge in [0, 0.05) is 23.5 Å². The van der Waals surface area contributed by atoms with E-state index in [1.54, 1.807) is 30.3 Å². The quantitative estimate of drug-likeness (QED) is 0.175. The number of aryl methyl sites for hydroxylation is 1. The van der Waals surface area contributed by atoms with Crippen LogP contribution in [0.15, 0.2) is 119 Å². The lowest BCUT2D eigenvalue weighted by Gasteiger charge is -2.34. The highest BCUT2D eigenvalue weighted by molar-refractivity contribution is 9.10. The second kappa shape index (κ2) is 15.2. The van der Waals surface area contributed by atoms with Crippen LogP contribution < -0.4 is 9.62 Å². The van der Waals surface area contributed by atoms with Crippen molar-refractivity contribution in [2.24, 2.45) is 0 Å². The molecule has 0 aromatic heterocycles. The average Bonchev–Trinajstić information content (AvgIpc) is 3.03. The third-order valence-corrected chi connectivity index (χ3v) is 9.84. The number of sulfonamides is 1. The number of carbonyl (C=O) groups is 2. The molecule has 2 amide bonds. The molecular formula is C35H38BrN3O4S. The van der Waals surface area contributed by atoms with Crippen molar-refractivity contribution in [1.29, 1.82) is 0 Å². The van der Waals surface area contributed by atoms with Gasteiger partial charge >= 0.3 is 0 Å². The van der Waals surface area contributed by atoms with E-state index in [4.69, 9.17) is 0 Å². The molecule has 7 nitrogen and oxygen atoms in total. The van der Waals surface area contributed by atoms with Crippen molar-refractivity contribution >= 4 is 43.5 Å². The molecule has 1 N–H and O–H groups in total. The predicted octanol–water partition coefficient (Wildman–Crippen LogP) is 6.51. The van der Waals surface area contributed by atoms with E-state index < -0.39 is 28.5 Å². The Morgan fingerprint density at radius 2 is 1.41 bits per heavy atom. The van der Waals surface area contributed by atoms with Crippen molar-refractivity contribution in [2.75, 3.05) is 10.8 Å². The number of halogens is 1. The molecule has 0 saturated heterocycles. The van der Waals surface area contributed by atoms with Crippen LogP contribution in [0.5, 0.6) is 0 Å². The Hall–Kier alpha value is -3.95. The van der Waals surface area contributed by atoms with Gasteiger partial charge in [0.15, 0.2) is 0 Å². The second-order valence-electron chi connectivity index (χ2n) is 10.8. The predicted molar refractivity (Wildman–Crippen MR) is 179 cm³/mol. The van der Waals surface area contributed by atoms with Gasteiger partial charge in [0.2, 0.25) is 11.8 Å². The number of rotatable bonds is 13. The molecule has 44 heavy (non-hydrogen) atoms. The molecule has 0 aliphatic carbocycles. The van der Waals surface area contributed by atoms with E-state index in [0.29, 0.717) is 11.3 Å². The van der Waals surface area contributed by atoms with Gasteiger partial charge in [0.25, 0.3) is 10.0 Å². The molecule has 0 spiro atoms. The molecule has 4 aromatic rings. The zero-order valence-electron chi connectivity index (χ0n) is 25.2. The number of para-hydroxylation sites is 1. The SMILES string of the molecule is CCC(C)NC(=O)C(Cc1ccccc1)N(Cc1ccc(Br)cc1)C(=O)CN(c1ccccc1C)S(=O)(=O)c1ccccc1. The number of nitrogens with zero attached hydrogens (tertiary/aromatic N) is 2. The van der Waals surface area contributed by atoms with Gasteiger partial charge in [-0.1, -0.05) is 102 Å². The van der Waals surface area contributed by atoms with Crippen molar-refractivity contribution in [3.05, 3.63) is 130 Å². The molecule has 4 rings (SSSR count). The molecule has 0 aliphatic heterocycles. The highest BCUT2D eigenvalue weighted by Crippen LogP contribution is 2.28. The first-order chi connectivity index (χ1) is 21.1. The maximum atomic E-state index is 14.5. The number of hydrogen-bond acceptors (Lipinski definition) is 4. The molecular weight excluding hydrogens is 638 g/mol. The van der Waals surface area contributed by atoms with Crippen molar-refractivity contribution in [3.8, 4) is 0 Å². The fraction of sp³-hybridized carbons (Fsp3) is 0.257. The van der Waals surface area contributed by atoms with Crippen LogP contribution in [0.2, 0.25) is 0 Å². The van der Waals surface area contributed by atoms with Gasteiger partial charge in [0.1, 0.15) is 12.6 Å². The maximum Gasteiger partial charge on any atom is 0.264 e. The smallest absolute Gasteiger partial charge is 0.264 e. The Balaban J connectivity index is 1.81. The lowest BCUT2D eigenvalue weighted by atomic mass is 10.0. The van der Waals surface area contributed by atoms with Gasteiger partial charge < -0.3 is 10.2 Å². The summed E-state index contributed by atoms with van der Waals surface area (Å²) in [7, 11) is -4.13. The fourth-order valence-corrected chi connectivity index (χ4v) is 6.62. The number of amides is 2. The summed E-state index contributed by atoms with van der Waals surface area (Å²) < 4.78 is 30.2. The van der Waals surface area contributed by atoms with E-state index >= 15 is 0 Å². The van der Waals surface area contributed by atoms with Gasteiger partial charge in [-0.05, 0) is 67.3 Å².